The monoisotopic (exact) mass is 618 g/mol. The number of esters is 2. The van der Waals surface area contributed by atoms with E-state index in [1.54, 1.807) is 13.8 Å². The van der Waals surface area contributed by atoms with Gasteiger partial charge in [-0.3, -0.25) is 0 Å². The van der Waals surface area contributed by atoms with Crippen molar-refractivity contribution in [2.45, 2.75) is 84.7 Å². The summed E-state index contributed by atoms with van der Waals surface area (Å²) in [6.07, 6.45) is 7.60. The third-order valence-corrected chi connectivity index (χ3v) is 7.87. The highest BCUT2D eigenvalue weighted by Gasteiger charge is 2.28. The smallest absolute Gasteiger partial charge is 0.333 e. The van der Waals surface area contributed by atoms with Gasteiger partial charge in [0.1, 0.15) is 25.6 Å². The molecule has 1 aliphatic rings. The number of ether oxygens (including phenoxy) is 4. The van der Waals surface area contributed by atoms with Gasteiger partial charge in [0.25, 0.3) is 0 Å². The summed E-state index contributed by atoms with van der Waals surface area (Å²) in [4.78, 5) is 24.6. The summed E-state index contributed by atoms with van der Waals surface area (Å²) in [6.45, 7) is 18.0. The summed E-state index contributed by atoms with van der Waals surface area (Å²) in [5.74, 6) is 0.125. The highest BCUT2D eigenvalue weighted by atomic mass is 16.6. The summed E-state index contributed by atoms with van der Waals surface area (Å²) in [7, 11) is 0. The molecule has 0 amide bonds. The van der Waals surface area contributed by atoms with Crippen LogP contribution in [0.3, 0.4) is 0 Å². The topological polar surface area (TPSA) is 91.3 Å². The molecule has 2 aromatic rings. The van der Waals surface area contributed by atoms with Crippen LogP contribution in [-0.2, 0) is 43.2 Å². The van der Waals surface area contributed by atoms with Crippen LogP contribution in [0.2, 0.25) is 0 Å². The second kappa shape index (κ2) is 18.3. The van der Waals surface area contributed by atoms with Crippen LogP contribution in [0.25, 0.3) is 11.1 Å². The van der Waals surface area contributed by atoms with Gasteiger partial charge in [0.05, 0.1) is 13.2 Å². The quantitative estimate of drug-likeness (QED) is 0.0797. The maximum absolute atomic E-state index is 12.5. The van der Waals surface area contributed by atoms with E-state index >= 15 is 0 Å². The predicted octanol–water partition coefficient (Wildman–Crippen LogP) is 7.58. The van der Waals surface area contributed by atoms with Crippen molar-refractivity contribution in [2.24, 2.45) is 0 Å². The first kappa shape index (κ1) is 35.8. The lowest BCUT2D eigenvalue weighted by molar-refractivity contribution is -0.140. The molecular weight excluding hydrogens is 568 g/mol. The minimum atomic E-state index is -0.455. The van der Waals surface area contributed by atoms with E-state index in [2.05, 4.69) is 50.1 Å². The molecule has 1 saturated carbocycles. The van der Waals surface area contributed by atoms with Gasteiger partial charge >= 0.3 is 11.9 Å². The summed E-state index contributed by atoms with van der Waals surface area (Å²) >= 11 is 0. The molecule has 244 valence electrons. The van der Waals surface area contributed by atoms with Gasteiger partial charge in [0.2, 0.25) is 0 Å². The molecule has 0 unspecified atom stereocenters. The van der Waals surface area contributed by atoms with Crippen molar-refractivity contribution in [3.63, 3.8) is 0 Å². The van der Waals surface area contributed by atoms with Gasteiger partial charge < -0.3 is 24.1 Å². The molecule has 0 saturated heterocycles. The fourth-order valence-electron chi connectivity index (χ4n) is 5.67. The highest BCUT2D eigenvalue weighted by molar-refractivity contribution is 5.87. The Labute approximate surface area is 268 Å². The molecule has 1 N–H and O–H groups in total. The summed E-state index contributed by atoms with van der Waals surface area (Å²) < 4.78 is 23.7. The Kier molecular flexibility index (Phi) is 14.6. The molecule has 3 rings (SSSR count). The Morgan fingerprint density at radius 2 is 1.53 bits per heavy atom. The van der Waals surface area contributed by atoms with E-state index in [-0.39, 0.29) is 32.3 Å². The number of carbonyl (C=O) groups is 2. The van der Waals surface area contributed by atoms with Crippen molar-refractivity contribution in [1.82, 2.24) is 0 Å². The number of rotatable bonds is 18. The molecule has 1 fully saturated rings. The summed E-state index contributed by atoms with van der Waals surface area (Å²) in [5.41, 5.74) is 7.70. The Balaban J connectivity index is 2.16. The molecule has 7 nitrogen and oxygen atoms in total. The minimum Gasteiger partial charge on any atom is -0.489 e. The van der Waals surface area contributed by atoms with Crippen LogP contribution in [-0.4, -0.2) is 50.1 Å². The van der Waals surface area contributed by atoms with Gasteiger partial charge in [0.15, 0.2) is 0 Å². The molecule has 1 aliphatic carbocycles. The number of aliphatic hydroxyl groups excluding tert-OH is 1. The van der Waals surface area contributed by atoms with Gasteiger partial charge in [-0.2, -0.15) is 0 Å². The minimum absolute atomic E-state index is 0.0770. The highest BCUT2D eigenvalue weighted by Crippen LogP contribution is 2.45. The fourth-order valence-corrected chi connectivity index (χ4v) is 5.67. The van der Waals surface area contributed by atoms with E-state index < -0.39 is 11.9 Å². The summed E-state index contributed by atoms with van der Waals surface area (Å²) in [5, 5.41) is 9.29. The number of carbonyl (C=O) groups excluding carboxylic acids is 2. The molecule has 0 aliphatic heterocycles. The van der Waals surface area contributed by atoms with Crippen molar-refractivity contribution in [3.05, 3.63) is 89.0 Å². The number of benzene rings is 2. The number of hydrogen-bond donors (Lipinski definition) is 1. The zero-order valence-electron chi connectivity index (χ0n) is 27.4. The van der Waals surface area contributed by atoms with E-state index in [0.717, 1.165) is 76.8 Å². The van der Waals surface area contributed by atoms with Crippen molar-refractivity contribution in [3.8, 4) is 16.9 Å². The first-order valence-electron chi connectivity index (χ1n) is 16.0. The third kappa shape index (κ3) is 11.0. The fraction of sp³-hybridized carbons (Fsp3) is 0.474. The molecular formula is C38H50O7. The van der Waals surface area contributed by atoms with Gasteiger partial charge in [0, 0.05) is 28.9 Å². The van der Waals surface area contributed by atoms with Crippen LogP contribution in [0.5, 0.6) is 5.75 Å². The zero-order valence-corrected chi connectivity index (χ0v) is 27.4. The first-order valence-corrected chi connectivity index (χ1v) is 16.0. The molecule has 0 bridgehead atoms. The molecule has 45 heavy (non-hydrogen) atoms. The number of aliphatic hydroxyl groups is 1. The Hall–Kier alpha value is -3.68. The molecule has 7 heteroatoms. The first-order chi connectivity index (χ1) is 21.6. The van der Waals surface area contributed by atoms with Crippen LogP contribution >= 0.6 is 0 Å². The second-order valence-corrected chi connectivity index (χ2v) is 12.0. The van der Waals surface area contributed by atoms with Gasteiger partial charge in [-0.15, -0.1) is 0 Å². The largest absolute Gasteiger partial charge is 0.489 e. The van der Waals surface area contributed by atoms with E-state index in [4.69, 9.17) is 18.9 Å². The SMILES string of the molecule is C=C(C)COCCc1c(OCCOC(=O)C(=C)C)c(-c2ccc(CCCO)cc2)cc(COC(=O)C(=C)C)c1C1CCCCC1. The third-order valence-electron chi connectivity index (χ3n) is 7.87. The average Bonchev–Trinajstić information content (AvgIpc) is 3.03. The van der Waals surface area contributed by atoms with Crippen molar-refractivity contribution >= 4 is 11.9 Å². The second-order valence-electron chi connectivity index (χ2n) is 12.0. The van der Waals surface area contributed by atoms with Gasteiger partial charge in [-0.25, -0.2) is 9.59 Å². The lowest BCUT2D eigenvalue weighted by Crippen LogP contribution is -2.18. The Morgan fingerprint density at radius 1 is 0.867 bits per heavy atom. The Morgan fingerprint density at radius 3 is 2.16 bits per heavy atom. The van der Waals surface area contributed by atoms with Crippen molar-refractivity contribution in [1.29, 1.82) is 0 Å². The Bertz CT molecular complexity index is 1330. The van der Waals surface area contributed by atoms with E-state index in [0.29, 0.717) is 37.2 Å². The van der Waals surface area contributed by atoms with Crippen LogP contribution < -0.4 is 4.74 Å². The maximum Gasteiger partial charge on any atom is 0.333 e. The van der Waals surface area contributed by atoms with Crippen LogP contribution in [0.4, 0.5) is 0 Å². The molecule has 0 heterocycles. The van der Waals surface area contributed by atoms with Crippen molar-refractivity contribution < 1.29 is 33.6 Å². The van der Waals surface area contributed by atoms with Crippen LogP contribution in [0.1, 0.15) is 87.5 Å². The normalized spacial score (nSPS) is 13.2. The van der Waals surface area contributed by atoms with Crippen LogP contribution in [0.15, 0.2) is 66.8 Å². The van der Waals surface area contributed by atoms with Crippen LogP contribution in [0, 0.1) is 0 Å². The van der Waals surface area contributed by atoms with Gasteiger partial charge in [-0.1, -0.05) is 68.8 Å². The molecule has 0 radical (unpaired) electrons. The van der Waals surface area contributed by atoms with E-state index in [1.165, 1.54) is 6.42 Å². The molecule has 0 atom stereocenters. The molecule has 0 aromatic heterocycles. The van der Waals surface area contributed by atoms with E-state index in [1.807, 2.05) is 6.92 Å². The lowest BCUT2D eigenvalue weighted by Gasteiger charge is -2.30. The zero-order chi connectivity index (χ0) is 32.8. The predicted molar refractivity (Wildman–Crippen MR) is 178 cm³/mol. The standard InChI is InChI=1S/C38H50O7/c1-26(2)24-42-20-18-33-35(31-12-8-7-9-13-31)32(25-45-38(41)28(5)6)23-34(30-16-14-29(15-17-30)11-10-19-39)36(33)43-21-22-44-37(40)27(3)4/h14-17,23,31,39H,1,3,5,7-13,18-22,24-25H2,2,4,6H3. The van der Waals surface area contributed by atoms with Gasteiger partial charge in [-0.05, 0) is 87.1 Å². The number of hydrogen-bond acceptors (Lipinski definition) is 7. The van der Waals surface area contributed by atoms with E-state index in [9.17, 15) is 14.7 Å². The summed E-state index contributed by atoms with van der Waals surface area (Å²) in [6, 6.07) is 10.3. The molecule has 2 aromatic carbocycles. The maximum atomic E-state index is 12.5. The average molecular weight is 619 g/mol. The van der Waals surface area contributed by atoms with Crippen molar-refractivity contribution in [2.75, 3.05) is 33.0 Å². The molecule has 0 spiro atoms. The lowest BCUT2D eigenvalue weighted by atomic mass is 9.78. The number of aryl methyl sites for hydroxylation is 1.